The maximum Gasteiger partial charge on any atom is 0.239 e. The zero-order chi connectivity index (χ0) is 20.1. The summed E-state index contributed by atoms with van der Waals surface area (Å²) in [6, 6.07) is 7.78. The Kier molecular flexibility index (Phi) is 7.32. The molecule has 2 saturated heterocycles. The molecule has 6 nitrogen and oxygen atoms in total. The van der Waals surface area contributed by atoms with Crippen LogP contribution in [0.15, 0.2) is 24.3 Å². The SMILES string of the molecule is CN(C)C(=O)C1CCCN1CC(=O)NCC(c1ccccc1Cl)N1CCCC1. The molecule has 2 unspecified atom stereocenters. The van der Waals surface area contributed by atoms with Crippen molar-refractivity contribution < 1.29 is 9.59 Å². The number of benzene rings is 1. The van der Waals surface area contributed by atoms with Crippen molar-refractivity contribution in [2.75, 3.05) is 46.8 Å². The molecule has 0 spiro atoms. The van der Waals surface area contributed by atoms with E-state index in [2.05, 4.69) is 10.2 Å². The number of nitrogens with one attached hydrogen (secondary N) is 1. The van der Waals surface area contributed by atoms with Crippen molar-refractivity contribution in [3.63, 3.8) is 0 Å². The van der Waals surface area contributed by atoms with Crippen LogP contribution in [0, 0.1) is 0 Å². The molecule has 28 heavy (non-hydrogen) atoms. The molecular formula is C21H31ClN4O2. The van der Waals surface area contributed by atoms with E-state index in [4.69, 9.17) is 11.6 Å². The van der Waals surface area contributed by atoms with Gasteiger partial charge in [-0.25, -0.2) is 0 Å². The molecule has 2 fully saturated rings. The molecule has 0 bridgehead atoms. The summed E-state index contributed by atoms with van der Waals surface area (Å²) in [6.45, 7) is 3.63. The Morgan fingerprint density at radius 1 is 1.18 bits per heavy atom. The molecule has 154 valence electrons. The second kappa shape index (κ2) is 9.72. The van der Waals surface area contributed by atoms with Crippen LogP contribution >= 0.6 is 11.6 Å². The molecular weight excluding hydrogens is 376 g/mol. The van der Waals surface area contributed by atoms with Crippen molar-refractivity contribution in [2.24, 2.45) is 0 Å². The Labute approximate surface area is 172 Å². The lowest BCUT2D eigenvalue weighted by Crippen LogP contribution is -2.47. The van der Waals surface area contributed by atoms with Gasteiger partial charge in [0, 0.05) is 25.7 Å². The van der Waals surface area contributed by atoms with Gasteiger partial charge in [-0.15, -0.1) is 0 Å². The Hall–Kier alpha value is -1.63. The third-order valence-electron chi connectivity index (χ3n) is 5.77. The van der Waals surface area contributed by atoms with Gasteiger partial charge in [0.15, 0.2) is 0 Å². The van der Waals surface area contributed by atoms with Gasteiger partial charge < -0.3 is 10.2 Å². The van der Waals surface area contributed by atoms with Crippen LogP contribution in [-0.4, -0.2) is 79.4 Å². The molecule has 2 heterocycles. The Bertz CT molecular complexity index is 691. The summed E-state index contributed by atoms with van der Waals surface area (Å²) in [5.74, 6) is 0.0472. The van der Waals surface area contributed by atoms with Crippen molar-refractivity contribution in [1.82, 2.24) is 20.0 Å². The van der Waals surface area contributed by atoms with E-state index in [1.165, 1.54) is 12.8 Å². The standard InChI is InChI=1S/C21H31ClN4O2/c1-24(2)21(28)18-10-7-13-26(18)15-20(27)23-14-19(25-11-5-6-12-25)16-8-3-4-9-17(16)22/h3-4,8-9,18-19H,5-7,10-15H2,1-2H3,(H,23,27). The smallest absolute Gasteiger partial charge is 0.239 e. The lowest BCUT2D eigenvalue weighted by atomic mass is 10.1. The van der Waals surface area contributed by atoms with E-state index in [0.717, 1.165) is 43.1 Å². The quantitative estimate of drug-likeness (QED) is 0.753. The summed E-state index contributed by atoms with van der Waals surface area (Å²) in [7, 11) is 3.53. The maximum atomic E-state index is 12.6. The van der Waals surface area contributed by atoms with E-state index in [-0.39, 0.29) is 30.4 Å². The second-order valence-electron chi connectivity index (χ2n) is 7.95. The first-order chi connectivity index (χ1) is 13.5. The zero-order valence-corrected chi connectivity index (χ0v) is 17.6. The molecule has 0 aromatic heterocycles. The molecule has 2 atom stereocenters. The summed E-state index contributed by atoms with van der Waals surface area (Å²) >= 11 is 6.44. The number of carbonyl (C=O) groups is 2. The number of hydrogen-bond acceptors (Lipinski definition) is 4. The summed E-state index contributed by atoms with van der Waals surface area (Å²) < 4.78 is 0. The molecule has 2 aliphatic rings. The number of carbonyl (C=O) groups excluding carboxylic acids is 2. The third-order valence-corrected chi connectivity index (χ3v) is 6.12. The van der Waals surface area contributed by atoms with Gasteiger partial charge in [0.05, 0.1) is 18.6 Å². The molecule has 2 aliphatic heterocycles. The molecule has 3 rings (SSSR count). The lowest BCUT2D eigenvalue weighted by Gasteiger charge is -2.30. The fourth-order valence-corrected chi connectivity index (χ4v) is 4.54. The number of hydrogen-bond donors (Lipinski definition) is 1. The van der Waals surface area contributed by atoms with E-state index >= 15 is 0 Å². The molecule has 7 heteroatoms. The molecule has 0 radical (unpaired) electrons. The van der Waals surface area contributed by atoms with Crippen LogP contribution in [0.1, 0.15) is 37.3 Å². The van der Waals surface area contributed by atoms with Crippen molar-refractivity contribution in [1.29, 1.82) is 0 Å². The molecule has 1 aromatic carbocycles. The van der Waals surface area contributed by atoms with Crippen molar-refractivity contribution >= 4 is 23.4 Å². The van der Waals surface area contributed by atoms with Crippen LogP contribution in [0.2, 0.25) is 5.02 Å². The van der Waals surface area contributed by atoms with Crippen molar-refractivity contribution in [2.45, 2.75) is 37.8 Å². The summed E-state index contributed by atoms with van der Waals surface area (Å²) in [5, 5.41) is 3.84. The van der Waals surface area contributed by atoms with E-state index in [0.29, 0.717) is 6.54 Å². The zero-order valence-electron chi connectivity index (χ0n) is 16.9. The van der Waals surface area contributed by atoms with Gasteiger partial charge >= 0.3 is 0 Å². The highest BCUT2D eigenvalue weighted by Gasteiger charge is 2.33. The minimum Gasteiger partial charge on any atom is -0.353 e. The maximum absolute atomic E-state index is 12.6. The largest absolute Gasteiger partial charge is 0.353 e. The molecule has 2 amide bonds. The summed E-state index contributed by atoms with van der Waals surface area (Å²) in [4.78, 5) is 31.0. The van der Waals surface area contributed by atoms with Crippen molar-refractivity contribution in [3.8, 4) is 0 Å². The fourth-order valence-electron chi connectivity index (χ4n) is 4.28. The predicted molar refractivity (Wildman–Crippen MR) is 111 cm³/mol. The topological polar surface area (TPSA) is 55.9 Å². The molecule has 0 aliphatic carbocycles. The Morgan fingerprint density at radius 2 is 1.89 bits per heavy atom. The summed E-state index contributed by atoms with van der Waals surface area (Å²) in [5.41, 5.74) is 1.06. The third kappa shape index (κ3) is 5.04. The van der Waals surface area contributed by atoms with Crippen LogP contribution in [0.4, 0.5) is 0 Å². The number of likely N-dealkylation sites (tertiary alicyclic amines) is 2. The normalized spacial score (nSPS) is 21.6. The highest BCUT2D eigenvalue weighted by Crippen LogP contribution is 2.29. The Balaban J connectivity index is 1.61. The average Bonchev–Trinajstić information content (AvgIpc) is 3.35. The molecule has 1 N–H and O–H groups in total. The first-order valence-electron chi connectivity index (χ1n) is 10.2. The van der Waals surface area contributed by atoms with E-state index < -0.39 is 0 Å². The highest BCUT2D eigenvalue weighted by atomic mass is 35.5. The van der Waals surface area contributed by atoms with Crippen LogP contribution < -0.4 is 5.32 Å². The molecule has 1 aromatic rings. The van der Waals surface area contributed by atoms with Crippen molar-refractivity contribution in [3.05, 3.63) is 34.9 Å². The van der Waals surface area contributed by atoms with Gasteiger partial charge in [0.2, 0.25) is 11.8 Å². The first-order valence-corrected chi connectivity index (χ1v) is 10.6. The van der Waals surface area contributed by atoms with Gasteiger partial charge in [-0.05, 0) is 56.9 Å². The number of halogens is 1. The lowest BCUT2D eigenvalue weighted by molar-refractivity contribution is -0.134. The average molecular weight is 407 g/mol. The molecule has 0 saturated carbocycles. The minimum absolute atomic E-state index is 0.0327. The van der Waals surface area contributed by atoms with Gasteiger partial charge in [-0.3, -0.25) is 19.4 Å². The van der Waals surface area contributed by atoms with Crippen LogP contribution in [0.3, 0.4) is 0 Å². The van der Waals surface area contributed by atoms with Gasteiger partial charge in [-0.2, -0.15) is 0 Å². The monoisotopic (exact) mass is 406 g/mol. The number of likely N-dealkylation sites (N-methyl/N-ethyl adjacent to an activating group) is 1. The van der Waals surface area contributed by atoms with Gasteiger partial charge in [0.25, 0.3) is 0 Å². The highest BCUT2D eigenvalue weighted by molar-refractivity contribution is 6.31. The van der Waals surface area contributed by atoms with E-state index in [1.54, 1.807) is 19.0 Å². The van der Waals surface area contributed by atoms with Gasteiger partial charge in [0.1, 0.15) is 0 Å². The number of amides is 2. The van der Waals surface area contributed by atoms with Crippen LogP contribution in [0.25, 0.3) is 0 Å². The van der Waals surface area contributed by atoms with Gasteiger partial charge in [-0.1, -0.05) is 29.8 Å². The van der Waals surface area contributed by atoms with E-state index in [1.807, 2.05) is 29.2 Å². The van der Waals surface area contributed by atoms with E-state index in [9.17, 15) is 9.59 Å². The van der Waals surface area contributed by atoms with Crippen LogP contribution in [0.5, 0.6) is 0 Å². The predicted octanol–water partition coefficient (Wildman–Crippen LogP) is 2.15. The van der Waals surface area contributed by atoms with Crippen LogP contribution in [-0.2, 0) is 9.59 Å². The number of nitrogens with zero attached hydrogens (tertiary/aromatic N) is 3. The first kappa shape index (κ1) is 21.1. The fraction of sp³-hybridized carbons (Fsp3) is 0.619. The minimum atomic E-state index is -0.182. The second-order valence-corrected chi connectivity index (χ2v) is 8.35. The Morgan fingerprint density at radius 3 is 2.57 bits per heavy atom. The number of rotatable bonds is 7. The summed E-state index contributed by atoms with van der Waals surface area (Å²) in [6.07, 6.45) is 4.13.